The number of rotatable bonds is 8. The van der Waals surface area contributed by atoms with Crippen LogP contribution in [0.1, 0.15) is 45.1 Å². The molecule has 1 aromatic heterocycles. The summed E-state index contributed by atoms with van der Waals surface area (Å²) in [6, 6.07) is 7.73. The van der Waals surface area contributed by atoms with Crippen molar-refractivity contribution in [2.45, 2.75) is 45.6 Å². The third kappa shape index (κ3) is 5.26. The van der Waals surface area contributed by atoms with Crippen molar-refractivity contribution < 1.29 is 13.9 Å². The molecule has 1 aromatic carbocycles. The smallest absolute Gasteiger partial charge is 0.226 e. The van der Waals surface area contributed by atoms with Crippen molar-refractivity contribution in [1.29, 1.82) is 0 Å². The molecule has 1 saturated heterocycles. The van der Waals surface area contributed by atoms with Crippen molar-refractivity contribution in [3.8, 4) is 5.75 Å². The minimum atomic E-state index is -0.425. The summed E-state index contributed by atoms with van der Waals surface area (Å²) < 4.78 is 20.4. The lowest BCUT2D eigenvalue weighted by Gasteiger charge is -2.20. The number of nitrogens with zero attached hydrogens (tertiary/aromatic N) is 4. The van der Waals surface area contributed by atoms with E-state index in [0.29, 0.717) is 37.2 Å². The number of hydrogen-bond acceptors (Lipinski definition) is 6. The minimum Gasteiger partial charge on any atom is -0.489 e. The Hall–Kier alpha value is -2.70. The summed E-state index contributed by atoms with van der Waals surface area (Å²) >= 11 is 0. The quantitative estimate of drug-likeness (QED) is 0.649. The van der Waals surface area contributed by atoms with Gasteiger partial charge in [-0.05, 0) is 23.6 Å². The maximum atomic E-state index is 14.2. The molecular formula is C23H31FN4O2. The van der Waals surface area contributed by atoms with Gasteiger partial charge in [0.1, 0.15) is 17.6 Å². The van der Waals surface area contributed by atoms with Gasteiger partial charge in [-0.1, -0.05) is 32.9 Å². The molecule has 3 rings (SSSR count). The first-order valence-corrected chi connectivity index (χ1v) is 10.5. The van der Waals surface area contributed by atoms with Gasteiger partial charge >= 0.3 is 0 Å². The highest BCUT2D eigenvalue weighted by atomic mass is 19.1. The summed E-state index contributed by atoms with van der Waals surface area (Å²) in [6.07, 6.45) is 2.54. The van der Waals surface area contributed by atoms with Gasteiger partial charge in [-0.15, -0.1) is 0 Å². The number of Topliss-reactive ketones (excluding diaryl/α,β-unsaturated/α-hetero) is 1. The fourth-order valence-electron chi connectivity index (χ4n) is 3.60. The number of carbonyl (C=O) groups excluding carboxylic acids is 1. The summed E-state index contributed by atoms with van der Waals surface area (Å²) in [4.78, 5) is 24.3. The largest absolute Gasteiger partial charge is 0.489 e. The van der Waals surface area contributed by atoms with E-state index in [4.69, 9.17) is 4.74 Å². The first-order valence-electron chi connectivity index (χ1n) is 10.5. The van der Waals surface area contributed by atoms with E-state index >= 15 is 0 Å². The fraction of sp³-hybridized carbons (Fsp3) is 0.522. The van der Waals surface area contributed by atoms with Crippen LogP contribution in [0.5, 0.6) is 5.75 Å². The standard InChI is InChI=1S/C23H31FN4O2/c1-15(2)12-21(29)16(3)17-6-8-18(9-7-17)30-19-10-11-28(14-19)22-20(24)13-25-23(26-22)27(4)5/h6-9,13,15-16,19H,10-12,14H2,1-5H3. The second kappa shape index (κ2) is 9.41. The van der Waals surface area contributed by atoms with Crippen LogP contribution in [-0.4, -0.2) is 49.0 Å². The Bertz CT molecular complexity index is 870. The van der Waals surface area contributed by atoms with Crippen LogP contribution in [0.25, 0.3) is 0 Å². The van der Waals surface area contributed by atoms with Gasteiger partial charge in [-0.3, -0.25) is 4.79 Å². The topological polar surface area (TPSA) is 58.6 Å². The molecule has 2 atom stereocenters. The zero-order chi connectivity index (χ0) is 21.8. The van der Waals surface area contributed by atoms with E-state index in [1.807, 2.05) is 50.2 Å². The van der Waals surface area contributed by atoms with Crippen LogP contribution < -0.4 is 14.5 Å². The third-order valence-electron chi connectivity index (χ3n) is 5.33. The number of hydrogen-bond donors (Lipinski definition) is 0. The van der Waals surface area contributed by atoms with Gasteiger partial charge in [0.2, 0.25) is 5.95 Å². The lowest BCUT2D eigenvalue weighted by molar-refractivity contribution is -0.120. The normalized spacial score (nSPS) is 17.3. The van der Waals surface area contributed by atoms with E-state index in [1.54, 1.807) is 4.90 Å². The zero-order valence-electron chi connectivity index (χ0n) is 18.4. The van der Waals surface area contributed by atoms with Crippen LogP contribution >= 0.6 is 0 Å². The second-order valence-corrected chi connectivity index (χ2v) is 8.57. The highest BCUT2D eigenvalue weighted by molar-refractivity contribution is 5.85. The van der Waals surface area contributed by atoms with Crippen molar-refractivity contribution >= 4 is 17.5 Å². The molecule has 7 heteroatoms. The molecule has 2 heterocycles. The van der Waals surface area contributed by atoms with Crippen LogP contribution in [-0.2, 0) is 4.79 Å². The van der Waals surface area contributed by atoms with E-state index in [-0.39, 0.29) is 17.8 Å². The van der Waals surface area contributed by atoms with Crippen LogP contribution in [0.2, 0.25) is 0 Å². The molecule has 0 amide bonds. The van der Waals surface area contributed by atoms with Crippen LogP contribution in [0.4, 0.5) is 16.2 Å². The summed E-state index contributed by atoms with van der Waals surface area (Å²) in [7, 11) is 3.65. The molecule has 0 saturated carbocycles. The first-order chi connectivity index (χ1) is 14.2. The molecule has 0 radical (unpaired) electrons. The molecule has 6 nitrogen and oxygen atoms in total. The Kier molecular flexibility index (Phi) is 6.90. The summed E-state index contributed by atoms with van der Waals surface area (Å²) in [5.41, 5.74) is 1.00. The molecule has 0 aliphatic carbocycles. The molecule has 2 aromatic rings. The molecule has 1 aliphatic heterocycles. The summed E-state index contributed by atoms with van der Waals surface area (Å²) in [6.45, 7) is 7.30. The monoisotopic (exact) mass is 414 g/mol. The molecule has 1 fully saturated rings. The summed E-state index contributed by atoms with van der Waals surface area (Å²) in [5.74, 6) is 1.63. The van der Waals surface area contributed by atoms with E-state index in [1.165, 1.54) is 6.20 Å². The molecule has 30 heavy (non-hydrogen) atoms. The first kappa shape index (κ1) is 22.0. The highest BCUT2D eigenvalue weighted by Gasteiger charge is 2.28. The van der Waals surface area contributed by atoms with Crippen molar-refractivity contribution in [3.05, 3.63) is 41.8 Å². The Morgan fingerprint density at radius 1 is 1.27 bits per heavy atom. The van der Waals surface area contributed by atoms with Crippen molar-refractivity contribution in [1.82, 2.24) is 9.97 Å². The Labute approximate surface area is 178 Å². The van der Waals surface area contributed by atoms with E-state index < -0.39 is 5.82 Å². The Morgan fingerprint density at radius 2 is 1.97 bits per heavy atom. The maximum Gasteiger partial charge on any atom is 0.226 e. The molecule has 162 valence electrons. The predicted molar refractivity (Wildman–Crippen MR) is 117 cm³/mol. The van der Waals surface area contributed by atoms with Gasteiger partial charge in [-0.25, -0.2) is 9.37 Å². The summed E-state index contributed by atoms with van der Waals surface area (Å²) in [5, 5.41) is 0. The van der Waals surface area contributed by atoms with Crippen molar-refractivity contribution in [2.24, 2.45) is 5.92 Å². The van der Waals surface area contributed by atoms with Gasteiger partial charge in [0.05, 0.1) is 12.7 Å². The second-order valence-electron chi connectivity index (χ2n) is 8.57. The SMILES string of the molecule is CC(C)CC(=O)C(C)c1ccc(OC2CCN(c3nc(N(C)C)ncc3F)C2)cc1. The number of aromatic nitrogens is 2. The molecule has 0 bridgehead atoms. The molecular weight excluding hydrogens is 383 g/mol. The van der Waals surface area contributed by atoms with Gasteiger partial charge in [0.15, 0.2) is 11.6 Å². The van der Waals surface area contributed by atoms with Crippen molar-refractivity contribution in [3.63, 3.8) is 0 Å². The lowest BCUT2D eigenvalue weighted by Crippen LogP contribution is -2.27. The fourth-order valence-corrected chi connectivity index (χ4v) is 3.60. The molecule has 2 unspecified atom stereocenters. The van der Waals surface area contributed by atoms with Crippen molar-refractivity contribution in [2.75, 3.05) is 37.0 Å². The predicted octanol–water partition coefficient (Wildman–Crippen LogP) is 4.06. The van der Waals surface area contributed by atoms with Crippen LogP contribution in [0.15, 0.2) is 30.5 Å². The lowest BCUT2D eigenvalue weighted by atomic mass is 9.92. The molecule has 0 spiro atoms. The van der Waals surface area contributed by atoms with Gasteiger partial charge in [-0.2, -0.15) is 4.98 Å². The Morgan fingerprint density at radius 3 is 2.60 bits per heavy atom. The van der Waals surface area contributed by atoms with E-state index in [2.05, 4.69) is 23.8 Å². The Balaban J connectivity index is 1.61. The minimum absolute atomic E-state index is 0.0481. The third-order valence-corrected chi connectivity index (χ3v) is 5.33. The van der Waals surface area contributed by atoms with Gasteiger partial charge < -0.3 is 14.5 Å². The molecule has 1 aliphatic rings. The molecule has 0 N–H and O–H groups in total. The zero-order valence-corrected chi connectivity index (χ0v) is 18.4. The number of halogens is 1. The number of ketones is 1. The number of ether oxygens (including phenoxy) is 1. The van der Waals surface area contributed by atoms with E-state index in [9.17, 15) is 9.18 Å². The maximum absolute atomic E-state index is 14.2. The number of anilines is 2. The van der Waals surface area contributed by atoms with Gasteiger partial charge in [0, 0.05) is 39.4 Å². The van der Waals surface area contributed by atoms with Crippen LogP contribution in [0, 0.1) is 11.7 Å². The van der Waals surface area contributed by atoms with Crippen LogP contribution in [0.3, 0.4) is 0 Å². The highest BCUT2D eigenvalue weighted by Crippen LogP contribution is 2.27. The average molecular weight is 415 g/mol. The van der Waals surface area contributed by atoms with E-state index in [0.717, 1.165) is 17.7 Å². The number of carbonyl (C=O) groups is 1. The average Bonchev–Trinajstić information content (AvgIpc) is 3.15. The van der Waals surface area contributed by atoms with Gasteiger partial charge in [0.25, 0.3) is 0 Å². The number of benzene rings is 1.